The molecule has 6 heteroatoms. The number of aliphatic imine (C=N–C) groups is 1. The quantitative estimate of drug-likeness (QED) is 0.230. The number of nitrogens with zero attached hydrogens (tertiary/aromatic N) is 2. The zero-order valence-corrected chi connectivity index (χ0v) is 18.5. The summed E-state index contributed by atoms with van der Waals surface area (Å²) in [6.07, 6.45) is 9.29. The highest BCUT2D eigenvalue weighted by Crippen LogP contribution is 2.20. The third-order valence-electron chi connectivity index (χ3n) is 4.84. The number of halogens is 1. The average molecular weight is 454 g/mol. The molecule has 0 aromatic carbocycles. The van der Waals surface area contributed by atoms with E-state index in [9.17, 15) is 0 Å². The Bertz CT molecular complexity index is 322. The number of nitrogens with one attached hydrogen (secondary N) is 2. The van der Waals surface area contributed by atoms with Crippen molar-refractivity contribution in [2.75, 3.05) is 40.3 Å². The predicted molar refractivity (Wildman–Crippen MR) is 115 cm³/mol. The highest BCUT2D eigenvalue weighted by molar-refractivity contribution is 14.0. The van der Waals surface area contributed by atoms with Gasteiger partial charge in [0.25, 0.3) is 0 Å². The fourth-order valence-electron chi connectivity index (χ4n) is 2.86. The highest BCUT2D eigenvalue weighted by atomic mass is 127. The minimum atomic E-state index is 0. The van der Waals surface area contributed by atoms with Gasteiger partial charge in [0.15, 0.2) is 5.96 Å². The van der Waals surface area contributed by atoms with Crippen LogP contribution in [0.15, 0.2) is 4.99 Å². The van der Waals surface area contributed by atoms with Crippen LogP contribution in [0.2, 0.25) is 0 Å². The van der Waals surface area contributed by atoms with E-state index in [0.29, 0.717) is 12.1 Å². The van der Waals surface area contributed by atoms with Crippen molar-refractivity contribution in [2.45, 2.75) is 70.9 Å². The van der Waals surface area contributed by atoms with Gasteiger partial charge < -0.3 is 20.3 Å². The van der Waals surface area contributed by atoms with Gasteiger partial charge in [-0.3, -0.25) is 4.99 Å². The van der Waals surface area contributed by atoms with Gasteiger partial charge in [0.05, 0.1) is 6.10 Å². The van der Waals surface area contributed by atoms with Gasteiger partial charge in [-0.1, -0.05) is 26.2 Å². The maximum atomic E-state index is 5.94. The lowest BCUT2D eigenvalue weighted by atomic mass is 9.98. The van der Waals surface area contributed by atoms with Gasteiger partial charge in [-0.25, -0.2) is 0 Å². The zero-order chi connectivity index (χ0) is 16.9. The van der Waals surface area contributed by atoms with Crippen LogP contribution in [0.5, 0.6) is 0 Å². The van der Waals surface area contributed by atoms with Gasteiger partial charge in [-0.2, -0.15) is 0 Å². The van der Waals surface area contributed by atoms with E-state index < -0.39 is 0 Å². The van der Waals surface area contributed by atoms with Crippen LogP contribution >= 0.6 is 24.0 Å². The van der Waals surface area contributed by atoms with Crippen molar-refractivity contribution in [3.63, 3.8) is 0 Å². The molecule has 24 heavy (non-hydrogen) atoms. The van der Waals surface area contributed by atoms with Crippen LogP contribution in [-0.2, 0) is 4.74 Å². The number of rotatable bonds is 10. The molecule has 1 aliphatic carbocycles. The van der Waals surface area contributed by atoms with Gasteiger partial charge in [0.2, 0.25) is 0 Å². The van der Waals surface area contributed by atoms with Crippen molar-refractivity contribution in [3.8, 4) is 0 Å². The van der Waals surface area contributed by atoms with Crippen LogP contribution in [0.3, 0.4) is 0 Å². The largest absolute Gasteiger partial charge is 0.378 e. The first-order valence-electron chi connectivity index (χ1n) is 9.43. The predicted octanol–water partition coefficient (Wildman–Crippen LogP) is 3.24. The van der Waals surface area contributed by atoms with E-state index in [-0.39, 0.29) is 24.0 Å². The molecule has 0 saturated heterocycles. The molecule has 0 spiro atoms. The molecule has 0 aliphatic heterocycles. The first-order valence-corrected chi connectivity index (χ1v) is 9.43. The van der Waals surface area contributed by atoms with Crippen LogP contribution in [0, 0.1) is 0 Å². The van der Waals surface area contributed by atoms with Gasteiger partial charge in [0.1, 0.15) is 0 Å². The lowest BCUT2D eigenvalue weighted by Gasteiger charge is -2.24. The second-order valence-electron chi connectivity index (χ2n) is 6.65. The van der Waals surface area contributed by atoms with E-state index in [2.05, 4.69) is 41.4 Å². The average Bonchev–Trinajstić information content (AvgIpc) is 2.59. The molecule has 1 rings (SSSR count). The first kappa shape index (κ1) is 23.9. The van der Waals surface area contributed by atoms with Crippen molar-refractivity contribution in [1.29, 1.82) is 0 Å². The molecule has 2 N–H and O–H groups in total. The van der Waals surface area contributed by atoms with Crippen LogP contribution in [0.25, 0.3) is 0 Å². The van der Waals surface area contributed by atoms with E-state index in [1.165, 1.54) is 38.5 Å². The van der Waals surface area contributed by atoms with Crippen LogP contribution in [0.4, 0.5) is 0 Å². The Labute approximate surface area is 166 Å². The van der Waals surface area contributed by atoms with E-state index in [1.54, 1.807) is 0 Å². The van der Waals surface area contributed by atoms with E-state index in [1.807, 2.05) is 7.05 Å². The van der Waals surface area contributed by atoms with Gasteiger partial charge in [-0.15, -0.1) is 24.0 Å². The summed E-state index contributed by atoms with van der Waals surface area (Å²) < 4.78 is 5.94. The topological polar surface area (TPSA) is 48.9 Å². The second-order valence-corrected chi connectivity index (χ2v) is 6.65. The molecular formula is C18H39IN4O. The highest BCUT2D eigenvalue weighted by Gasteiger charge is 2.13. The van der Waals surface area contributed by atoms with Crippen LogP contribution < -0.4 is 10.6 Å². The monoisotopic (exact) mass is 454 g/mol. The normalized spacial score (nSPS) is 17.5. The number of guanidine groups is 1. The Morgan fingerprint density at radius 3 is 2.50 bits per heavy atom. The Hall–Kier alpha value is -0.0800. The molecule has 0 heterocycles. The first-order chi connectivity index (χ1) is 11.2. The molecule has 144 valence electrons. The molecule has 1 atom stereocenters. The number of ether oxygens (including phenoxy) is 1. The standard InChI is InChI=1S/C18H38N4O.HI/c1-5-16(2)22(4)14-13-21-18(19-3)20-12-9-15-23-17-10-7-6-8-11-17;/h16-17H,5-15H2,1-4H3,(H2,19,20,21);1H. The lowest BCUT2D eigenvalue weighted by Crippen LogP contribution is -2.42. The molecule has 1 aliphatic rings. The van der Waals surface area contributed by atoms with Gasteiger partial charge >= 0.3 is 0 Å². The zero-order valence-electron chi connectivity index (χ0n) is 16.1. The third kappa shape index (κ3) is 10.7. The van der Waals surface area contributed by atoms with E-state index in [4.69, 9.17) is 4.74 Å². The fraction of sp³-hybridized carbons (Fsp3) is 0.944. The Morgan fingerprint density at radius 2 is 1.88 bits per heavy atom. The molecule has 0 aromatic heterocycles. The van der Waals surface area contributed by atoms with Crippen molar-refractivity contribution in [3.05, 3.63) is 0 Å². The van der Waals surface area contributed by atoms with E-state index >= 15 is 0 Å². The summed E-state index contributed by atoms with van der Waals surface area (Å²) in [5.74, 6) is 0.889. The molecule has 0 aromatic rings. The summed E-state index contributed by atoms with van der Waals surface area (Å²) in [7, 11) is 4.00. The third-order valence-corrected chi connectivity index (χ3v) is 4.84. The summed E-state index contributed by atoms with van der Waals surface area (Å²) in [4.78, 5) is 6.65. The molecular weight excluding hydrogens is 415 g/mol. The van der Waals surface area contributed by atoms with Crippen molar-refractivity contribution in [1.82, 2.24) is 15.5 Å². The van der Waals surface area contributed by atoms with Crippen molar-refractivity contribution >= 4 is 29.9 Å². The van der Waals surface area contributed by atoms with Crippen molar-refractivity contribution in [2.24, 2.45) is 4.99 Å². The SMILES string of the molecule is CCC(C)N(C)CCNC(=NC)NCCCOC1CCCCC1.I. The van der Waals surface area contributed by atoms with Crippen molar-refractivity contribution < 1.29 is 4.74 Å². The minimum absolute atomic E-state index is 0. The molecule has 1 fully saturated rings. The molecule has 0 amide bonds. The second kappa shape index (κ2) is 15.2. The van der Waals surface area contributed by atoms with Crippen LogP contribution in [-0.4, -0.2) is 63.3 Å². The Kier molecular flexibility index (Phi) is 15.1. The minimum Gasteiger partial charge on any atom is -0.378 e. The van der Waals surface area contributed by atoms with E-state index in [0.717, 1.165) is 38.6 Å². The number of likely N-dealkylation sites (N-methyl/N-ethyl adjacent to an activating group) is 1. The summed E-state index contributed by atoms with van der Waals surface area (Å²) in [6, 6.07) is 0.628. The Morgan fingerprint density at radius 1 is 1.21 bits per heavy atom. The smallest absolute Gasteiger partial charge is 0.191 e. The van der Waals surface area contributed by atoms with Gasteiger partial charge in [-0.05, 0) is 39.7 Å². The summed E-state index contributed by atoms with van der Waals surface area (Å²) in [5, 5.41) is 6.74. The summed E-state index contributed by atoms with van der Waals surface area (Å²) in [6.45, 7) is 8.20. The summed E-state index contributed by atoms with van der Waals surface area (Å²) in [5.41, 5.74) is 0. The summed E-state index contributed by atoms with van der Waals surface area (Å²) >= 11 is 0. The molecule has 5 nitrogen and oxygen atoms in total. The number of hydrogen-bond acceptors (Lipinski definition) is 3. The fourth-order valence-corrected chi connectivity index (χ4v) is 2.86. The lowest BCUT2D eigenvalue weighted by molar-refractivity contribution is 0.0277. The molecule has 0 bridgehead atoms. The molecule has 1 saturated carbocycles. The maximum absolute atomic E-state index is 5.94. The molecule has 1 unspecified atom stereocenters. The van der Waals surface area contributed by atoms with Crippen LogP contribution in [0.1, 0.15) is 58.8 Å². The maximum Gasteiger partial charge on any atom is 0.191 e. The van der Waals surface area contributed by atoms with Gasteiger partial charge in [0, 0.05) is 39.3 Å². The Balaban J connectivity index is 0.00000529. The molecule has 0 radical (unpaired) electrons. The number of hydrogen-bond donors (Lipinski definition) is 2.